The number of benzene rings is 2. The highest BCUT2D eigenvalue weighted by Gasteiger charge is 2.12. The van der Waals surface area contributed by atoms with E-state index in [0.29, 0.717) is 5.56 Å². The zero-order valence-corrected chi connectivity index (χ0v) is 11.8. The second kappa shape index (κ2) is 6.23. The second-order valence-electron chi connectivity index (χ2n) is 4.70. The molecule has 0 fully saturated rings. The lowest BCUT2D eigenvalue weighted by molar-refractivity contribution is 0.282. The molecule has 0 heterocycles. The molecule has 3 nitrogen and oxygen atoms in total. The van der Waals surface area contributed by atoms with Gasteiger partial charge in [-0.05, 0) is 49.2 Å². The normalized spacial score (nSPS) is 10.1. The number of aryl methyl sites for hydroxylation is 1. The van der Waals surface area contributed by atoms with Crippen LogP contribution in [0, 0.1) is 18.3 Å². The number of rotatable bonds is 4. The van der Waals surface area contributed by atoms with Gasteiger partial charge in [0.05, 0.1) is 17.9 Å². The zero-order valence-electron chi connectivity index (χ0n) is 11.8. The van der Waals surface area contributed by atoms with Crippen molar-refractivity contribution in [2.45, 2.75) is 20.5 Å². The van der Waals surface area contributed by atoms with E-state index in [9.17, 15) is 10.4 Å². The summed E-state index contributed by atoms with van der Waals surface area (Å²) in [5.74, 6) is 0. The molecule has 0 radical (unpaired) electrons. The summed E-state index contributed by atoms with van der Waals surface area (Å²) in [5, 5.41) is 18.5. The number of hydrogen-bond donors (Lipinski definition) is 1. The number of hydrogen-bond acceptors (Lipinski definition) is 3. The third kappa shape index (κ3) is 2.81. The topological polar surface area (TPSA) is 47.3 Å². The van der Waals surface area contributed by atoms with Crippen LogP contribution in [0.5, 0.6) is 0 Å². The first-order chi connectivity index (χ1) is 9.69. The molecule has 0 amide bonds. The highest BCUT2D eigenvalue weighted by Crippen LogP contribution is 2.29. The molecule has 0 bridgehead atoms. The fraction of sp³-hybridized carbons (Fsp3) is 0.235. The third-order valence-corrected chi connectivity index (χ3v) is 3.28. The first-order valence-electron chi connectivity index (χ1n) is 6.67. The minimum Gasteiger partial charge on any atom is -0.392 e. The minimum atomic E-state index is -0.0501. The Morgan fingerprint density at radius 3 is 2.60 bits per heavy atom. The highest BCUT2D eigenvalue weighted by molar-refractivity contribution is 5.70. The molecule has 0 spiro atoms. The lowest BCUT2D eigenvalue weighted by Crippen LogP contribution is -2.17. The molecule has 0 atom stereocenters. The van der Waals surface area contributed by atoms with Gasteiger partial charge in [0.2, 0.25) is 0 Å². The largest absolute Gasteiger partial charge is 0.392 e. The van der Waals surface area contributed by atoms with Crippen LogP contribution in [0.3, 0.4) is 0 Å². The van der Waals surface area contributed by atoms with E-state index in [2.05, 4.69) is 36.9 Å². The molecule has 0 aliphatic rings. The Hall–Kier alpha value is -2.31. The van der Waals surface area contributed by atoms with Crippen LogP contribution < -0.4 is 4.90 Å². The maximum atomic E-state index is 9.33. The maximum absolute atomic E-state index is 9.33. The average molecular weight is 266 g/mol. The van der Waals surface area contributed by atoms with Crippen LogP contribution >= 0.6 is 0 Å². The molecule has 20 heavy (non-hydrogen) atoms. The van der Waals surface area contributed by atoms with Gasteiger partial charge >= 0.3 is 0 Å². The summed E-state index contributed by atoms with van der Waals surface area (Å²) in [6.45, 7) is 4.84. The first kappa shape index (κ1) is 14.1. The van der Waals surface area contributed by atoms with Crippen molar-refractivity contribution >= 4 is 11.4 Å². The number of anilines is 2. The molecule has 2 aromatic carbocycles. The van der Waals surface area contributed by atoms with Crippen LogP contribution in [0.15, 0.2) is 42.5 Å². The number of aliphatic hydroxyl groups excluding tert-OH is 1. The van der Waals surface area contributed by atoms with Crippen molar-refractivity contribution in [1.29, 1.82) is 5.26 Å². The van der Waals surface area contributed by atoms with Gasteiger partial charge in [0.15, 0.2) is 0 Å². The van der Waals surface area contributed by atoms with Crippen LogP contribution in [0.4, 0.5) is 11.4 Å². The summed E-state index contributed by atoms with van der Waals surface area (Å²) in [6.07, 6.45) is 0. The van der Waals surface area contributed by atoms with E-state index in [1.54, 1.807) is 6.07 Å². The molecular weight excluding hydrogens is 248 g/mol. The Morgan fingerprint density at radius 1 is 1.20 bits per heavy atom. The predicted octanol–water partition coefficient (Wildman–Crippen LogP) is 3.52. The second-order valence-corrected chi connectivity index (χ2v) is 4.70. The van der Waals surface area contributed by atoms with Crippen molar-refractivity contribution in [2.24, 2.45) is 0 Å². The van der Waals surface area contributed by atoms with E-state index < -0.39 is 0 Å². The van der Waals surface area contributed by atoms with Gasteiger partial charge in [-0.1, -0.05) is 18.2 Å². The van der Waals surface area contributed by atoms with Crippen LogP contribution in [0.2, 0.25) is 0 Å². The Balaban J connectivity index is 2.50. The van der Waals surface area contributed by atoms with E-state index in [1.807, 2.05) is 24.3 Å². The molecule has 2 rings (SSSR count). The lowest BCUT2D eigenvalue weighted by atomic mass is 10.1. The number of nitrogens with zero attached hydrogens (tertiary/aromatic N) is 2. The minimum absolute atomic E-state index is 0.0501. The maximum Gasteiger partial charge on any atom is 0.101 e. The van der Waals surface area contributed by atoms with E-state index in [1.165, 1.54) is 5.56 Å². The molecule has 2 aromatic rings. The summed E-state index contributed by atoms with van der Waals surface area (Å²) < 4.78 is 0. The summed E-state index contributed by atoms with van der Waals surface area (Å²) >= 11 is 0. The van der Waals surface area contributed by atoms with Gasteiger partial charge in [-0.15, -0.1) is 0 Å². The Bertz CT molecular complexity index is 644. The molecular formula is C17H18N2O. The summed E-state index contributed by atoms with van der Waals surface area (Å²) in [5.41, 5.74) is 4.47. The third-order valence-electron chi connectivity index (χ3n) is 3.28. The molecule has 0 aliphatic carbocycles. The SMILES string of the molecule is CCN(c1cccc(C)c1)c1ccc(CO)cc1C#N. The molecule has 0 unspecified atom stereocenters. The highest BCUT2D eigenvalue weighted by atomic mass is 16.3. The Morgan fingerprint density at radius 2 is 2.00 bits per heavy atom. The van der Waals surface area contributed by atoms with Crippen molar-refractivity contribution in [3.8, 4) is 6.07 Å². The van der Waals surface area contributed by atoms with Gasteiger partial charge in [0, 0.05) is 12.2 Å². The van der Waals surface area contributed by atoms with Crippen molar-refractivity contribution in [3.05, 3.63) is 59.2 Å². The van der Waals surface area contributed by atoms with E-state index in [4.69, 9.17) is 0 Å². The molecule has 0 aromatic heterocycles. The Kier molecular flexibility index (Phi) is 4.39. The molecule has 0 saturated carbocycles. The van der Waals surface area contributed by atoms with Crippen LogP contribution in [-0.2, 0) is 6.61 Å². The van der Waals surface area contributed by atoms with Gasteiger partial charge in [0.25, 0.3) is 0 Å². The van der Waals surface area contributed by atoms with E-state index in [0.717, 1.165) is 23.5 Å². The average Bonchev–Trinajstić information content (AvgIpc) is 2.48. The Labute approximate surface area is 119 Å². The molecule has 102 valence electrons. The summed E-state index contributed by atoms with van der Waals surface area (Å²) in [6, 6.07) is 15.9. The molecule has 1 N–H and O–H groups in total. The van der Waals surface area contributed by atoms with Gasteiger partial charge in [0.1, 0.15) is 6.07 Å². The fourth-order valence-corrected chi connectivity index (χ4v) is 2.29. The monoisotopic (exact) mass is 266 g/mol. The molecule has 0 saturated heterocycles. The number of aliphatic hydroxyl groups is 1. The van der Waals surface area contributed by atoms with Gasteiger partial charge < -0.3 is 10.0 Å². The summed E-state index contributed by atoms with van der Waals surface area (Å²) in [7, 11) is 0. The molecule has 0 aliphatic heterocycles. The van der Waals surface area contributed by atoms with Crippen LogP contribution in [0.1, 0.15) is 23.6 Å². The van der Waals surface area contributed by atoms with E-state index >= 15 is 0 Å². The predicted molar refractivity (Wildman–Crippen MR) is 80.9 cm³/mol. The van der Waals surface area contributed by atoms with Crippen molar-refractivity contribution in [1.82, 2.24) is 0 Å². The zero-order chi connectivity index (χ0) is 14.5. The fourth-order valence-electron chi connectivity index (χ4n) is 2.29. The van der Waals surface area contributed by atoms with Crippen molar-refractivity contribution in [2.75, 3.05) is 11.4 Å². The summed E-state index contributed by atoms with van der Waals surface area (Å²) in [4.78, 5) is 2.10. The smallest absolute Gasteiger partial charge is 0.101 e. The van der Waals surface area contributed by atoms with E-state index in [-0.39, 0.29) is 6.61 Å². The van der Waals surface area contributed by atoms with Gasteiger partial charge in [-0.25, -0.2) is 0 Å². The van der Waals surface area contributed by atoms with Crippen LogP contribution in [-0.4, -0.2) is 11.7 Å². The first-order valence-corrected chi connectivity index (χ1v) is 6.67. The lowest BCUT2D eigenvalue weighted by Gasteiger charge is -2.25. The number of nitriles is 1. The van der Waals surface area contributed by atoms with Gasteiger partial charge in [-0.3, -0.25) is 0 Å². The van der Waals surface area contributed by atoms with Crippen molar-refractivity contribution < 1.29 is 5.11 Å². The van der Waals surface area contributed by atoms with Gasteiger partial charge in [-0.2, -0.15) is 5.26 Å². The molecule has 3 heteroatoms. The quantitative estimate of drug-likeness (QED) is 0.921. The standard InChI is InChI=1S/C17H18N2O/c1-3-19(16-6-4-5-13(2)9-16)17-8-7-14(12-20)10-15(17)11-18/h4-10,20H,3,12H2,1-2H3. The van der Waals surface area contributed by atoms with Crippen LogP contribution in [0.25, 0.3) is 0 Å². The van der Waals surface area contributed by atoms with Crippen molar-refractivity contribution in [3.63, 3.8) is 0 Å².